The molecule has 1 aromatic heterocycles. The van der Waals surface area contributed by atoms with E-state index in [1.807, 2.05) is 6.07 Å². The Bertz CT molecular complexity index is 1080. The van der Waals surface area contributed by atoms with Gasteiger partial charge in [-0.2, -0.15) is 0 Å². The zero-order valence-corrected chi connectivity index (χ0v) is 16.3. The van der Waals surface area contributed by atoms with Gasteiger partial charge in [0.2, 0.25) is 5.91 Å². The van der Waals surface area contributed by atoms with Crippen molar-refractivity contribution in [1.29, 1.82) is 0 Å². The Balaban J connectivity index is 1.62. The molecule has 0 bridgehead atoms. The molecule has 0 unspecified atom stereocenters. The van der Waals surface area contributed by atoms with E-state index in [2.05, 4.69) is 9.97 Å². The molecule has 0 aliphatic carbocycles. The van der Waals surface area contributed by atoms with Crippen LogP contribution in [0.2, 0.25) is 0 Å². The first kappa shape index (κ1) is 19.7. The van der Waals surface area contributed by atoms with E-state index in [1.165, 1.54) is 24.3 Å². The Morgan fingerprint density at radius 1 is 1.03 bits per heavy atom. The number of amides is 2. The molecule has 152 valence electrons. The minimum absolute atomic E-state index is 0.00378. The summed E-state index contributed by atoms with van der Waals surface area (Å²) in [7, 11) is 0. The Labute approximate surface area is 173 Å². The average Bonchev–Trinajstić information content (AvgIpc) is 2.79. The monoisotopic (exact) mass is 404 g/mol. The highest BCUT2D eigenvalue weighted by atomic mass is 19.1. The summed E-state index contributed by atoms with van der Waals surface area (Å²) in [6.07, 6.45) is 4.95. The normalized spacial score (nSPS) is 16.3. The molecule has 2 heterocycles. The first-order valence-corrected chi connectivity index (χ1v) is 9.79. The maximum Gasteiger partial charge on any atom is 0.253 e. The first-order chi connectivity index (χ1) is 14.5. The van der Waals surface area contributed by atoms with E-state index in [9.17, 15) is 14.0 Å². The largest absolute Gasteiger partial charge is 0.366 e. The Kier molecular flexibility index (Phi) is 5.52. The molecular weight excluding hydrogens is 383 g/mol. The quantitative estimate of drug-likeness (QED) is 0.722. The number of nitrogens with two attached hydrogens (primary N) is 1. The van der Waals surface area contributed by atoms with Crippen molar-refractivity contribution in [3.8, 4) is 11.3 Å². The van der Waals surface area contributed by atoms with E-state index in [4.69, 9.17) is 5.73 Å². The summed E-state index contributed by atoms with van der Waals surface area (Å²) in [6.45, 7) is 1.14. The number of aromatic nitrogens is 2. The smallest absolute Gasteiger partial charge is 0.253 e. The van der Waals surface area contributed by atoms with Gasteiger partial charge in [0.1, 0.15) is 5.82 Å². The molecule has 2 aromatic carbocycles. The molecule has 2 N–H and O–H groups in total. The van der Waals surface area contributed by atoms with E-state index in [0.29, 0.717) is 29.9 Å². The van der Waals surface area contributed by atoms with E-state index in [-0.39, 0.29) is 17.6 Å². The fourth-order valence-electron chi connectivity index (χ4n) is 3.85. The van der Waals surface area contributed by atoms with Crippen LogP contribution in [0.15, 0.2) is 60.9 Å². The third-order valence-corrected chi connectivity index (χ3v) is 5.33. The van der Waals surface area contributed by atoms with Crippen molar-refractivity contribution in [2.24, 2.45) is 5.73 Å². The second-order valence-electron chi connectivity index (χ2n) is 7.33. The number of rotatable bonds is 4. The number of nitrogens with zero attached hydrogens (tertiary/aromatic N) is 3. The molecule has 6 nitrogen and oxygen atoms in total. The highest BCUT2D eigenvalue weighted by Crippen LogP contribution is 2.32. The maximum atomic E-state index is 13.2. The lowest BCUT2D eigenvalue weighted by Gasteiger charge is -2.33. The number of carbonyl (C=O) groups excluding carboxylic acids is 2. The number of carbonyl (C=O) groups is 2. The van der Waals surface area contributed by atoms with Crippen LogP contribution < -0.4 is 5.73 Å². The van der Waals surface area contributed by atoms with Gasteiger partial charge in [0.25, 0.3) is 5.91 Å². The van der Waals surface area contributed by atoms with Crippen LogP contribution in [0.3, 0.4) is 0 Å². The average molecular weight is 404 g/mol. The minimum Gasteiger partial charge on any atom is -0.366 e. The van der Waals surface area contributed by atoms with Gasteiger partial charge in [-0.15, -0.1) is 0 Å². The van der Waals surface area contributed by atoms with Gasteiger partial charge in [-0.05, 0) is 49.2 Å². The van der Waals surface area contributed by atoms with Crippen LogP contribution in [-0.4, -0.2) is 39.8 Å². The third kappa shape index (κ3) is 4.05. The molecule has 30 heavy (non-hydrogen) atoms. The SMILES string of the molecule is NC(=O)c1cccc(-c2nccnc2[C@@H]2CCCN(C(=O)c3ccc(F)cc3)C2)c1. The summed E-state index contributed by atoms with van der Waals surface area (Å²) in [5.41, 5.74) is 8.51. The van der Waals surface area contributed by atoms with Crippen molar-refractivity contribution in [3.05, 3.63) is 83.6 Å². The predicted octanol–water partition coefficient (Wildman–Crippen LogP) is 3.40. The van der Waals surface area contributed by atoms with Crippen LogP contribution in [0.4, 0.5) is 4.39 Å². The molecule has 1 saturated heterocycles. The number of benzene rings is 2. The van der Waals surface area contributed by atoms with Crippen LogP contribution >= 0.6 is 0 Å². The van der Waals surface area contributed by atoms with Crippen molar-refractivity contribution in [2.45, 2.75) is 18.8 Å². The van der Waals surface area contributed by atoms with Crippen LogP contribution in [0.5, 0.6) is 0 Å². The lowest BCUT2D eigenvalue weighted by Crippen LogP contribution is -2.39. The molecule has 1 atom stereocenters. The van der Waals surface area contributed by atoms with E-state index < -0.39 is 5.91 Å². The predicted molar refractivity (Wildman–Crippen MR) is 110 cm³/mol. The van der Waals surface area contributed by atoms with Gasteiger partial charge in [0.05, 0.1) is 11.4 Å². The zero-order valence-electron chi connectivity index (χ0n) is 16.3. The number of piperidine rings is 1. The molecule has 0 radical (unpaired) electrons. The molecule has 1 aliphatic rings. The summed E-state index contributed by atoms with van der Waals surface area (Å²) in [5.74, 6) is -0.994. The van der Waals surface area contributed by atoms with Crippen molar-refractivity contribution >= 4 is 11.8 Å². The number of primary amides is 1. The van der Waals surface area contributed by atoms with E-state index in [1.54, 1.807) is 35.5 Å². The zero-order chi connectivity index (χ0) is 21.1. The van der Waals surface area contributed by atoms with Crippen LogP contribution in [0.1, 0.15) is 45.2 Å². The van der Waals surface area contributed by atoms with Crippen molar-refractivity contribution in [3.63, 3.8) is 0 Å². The molecule has 0 saturated carbocycles. The fourth-order valence-corrected chi connectivity index (χ4v) is 3.85. The van der Waals surface area contributed by atoms with Gasteiger partial charge < -0.3 is 10.6 Å². The van der Waals surface area contributed by atoms with E-state index in [0.717, 1.165) is 24.1 Å². The highest BCUT2D eigenvalue weighted by Gasteiger charge is 2.28. The topological polar surface area (TPSA) is 89.2 Å². The summed E-state index contributed by atoms with van der Waals surface area (Å²) in [4.78, 5) is 35.3. The molecule has 0 spiro atoms. The van der Waals surface area contributed by atoms with Crippen molar-refractivity contribution in [2.75, 3.05) is 13.1 Å². The number of hydrogen-bond acceptors (Lipinski definition) is 4. The summed E-state index contributed by atoms with van der Waals surface area (Å²) >= 11 is 0. The Morgan fingerprint density at radius 3 is 2.57 bits per heavy atom. The Hall–Kier alpha value is -3.61. The third-order valence-electron chi connectivity index (χ3n) is 5.33. The second kappa shape index (κ2) is 8.41. The molecule has 2 amide bonds. The lowest BCUT2D eigenvalue weighted by molar-refractivity contribution is 0.0705. The van der Waals surface area contributed by atoms with Crippen molar-refractivity contribution < 1.29 is 14.0 Å². The summed E-state index contributed by atoms with van der Waals surface area (Å²) < 4.78 is 13.2. The summed E-state index contributed by atoms with van der Waals surface area (Å²) in [5, 5.41) is 0. The highest BCUT2D eigenvalue weighted by molar-refractivity contribution is 5.94. The number of halogens is 1. The van der Waals surface area contributed by atoms with Gasteiger partial charge in [-0.1, -0.05) is 12.1 Å². The van der Waals surface area contributed by atoms with Gasteiger partial charge in [0, 0.05) is 48.1 Å². The fraction of sp³-hybridized carbons (Fsp3) is 0.217. The van der Waals surface area contributed by atoms with Gasteiger partial charge in [-0.3, -0.25) is 19.6 Å². The van der Waals surface area contributed by atoms with Gasteiger partial charge in [0.15, 0.2) is 0 Å². The van der Waals surface area contributed by atoms with Crippen molar-refractivity contribution in [1.82, 2.24) is 14.9 Å². The minimum atomic E-state index is -0.504. The Morgan fingerprint density at radius 2 is 1.80 bits per heavy atom. The van der Waals surface area contributed by atoms with Crippen LogP contribution in [0, 0.1) is 5.82 Å². The van der Waals surface area contributed by atoms with Crippen LogP contribution in [-0.2, 0) is 0 Å². The van der Waals surface area contributed by atoms with Gasteiger partial charge >= 0.3 is 0 Å². The molecule has 4 rings (SSSR count). The molecule has 1 aliphatic heterocycles. The maximum absolute atomic E-state index is 13.2. The standard InChI is InChI=1S/C23H21FN4O2/c24-19-8-6-15(7-9-19)23(30)28-12-2-5-18(14-28)21-20(26-10-11-27-21)16-3-1-4-17(13-16)22(25)29/h1,3-4,6-11,13,18H,2,5,12,14H2,(H2,25,29)/t18-/m1/s1. The molecule has 3 aromatic rings. The van der Waals surface area contributed by atoms with E-state index >= 15 is 0 Å². The lowest BCUT2D eigenvalue weighted by atomic mass is 9.90. The van der Waals surface area contributed by atoms with Crippen LogP contribution in [0.25, 0.3) is 11.3 Å². The first-order valence-electron chi connectivity index (χ1n) is 9.79. The second-order valence-corrected chi connectivity index (χ2v) is 7.33. The summed E-state index contributed by atoms with van der Waals surface area (Å²) in [6, 6.07) is 12.6. The molecular formula is C23H21FN4O2. The molecule has 1 fully saturated rings. The number of likely N-dealkylation sites (tertiary alicyclic amines) is 1. The molecule has 7 heteroatoms. The van der Waals surface area contributed by atoms with Gasteiger partial charge in [-0.25, -0.2) is 4.39 Å². The number of hydrogen-bond donors (Lipinski definition) is 1.